The van der Waals surface area contributed by atoms with E-state index in [2.05, 4.69) is 44.9 Å². The fraction of sp³-hybridized carbons (Fsp3) is 0.538. The van der Waals surface area contributed by atoms with Gasteiger partial charge in [0.2, 0.25) is 0 Å². The molecular weight excluding hydrogens is 537 g/mol. The van der Waals surface area contributed by atoms with Crippen molar-refractivity contribution in [2.24, 2.45) is 0 Å². The van der Waals surface area contributed by atoms with Crippen molar-refractivity contribution in [1.82, 2.24) is 19.4 Å². The van der Waals surface area contributed by atoms with Crippen LogP contribution in [0.1, 0.15) is 34.4 Å². The van der Waals surface area contributed by atoms with Crippen LogP contribution in [0, 0.1) is 0 Å². The summed E-state index contributed by atoms with van der Waals surface area (Å²) in [6.07, 6.45) is 7.84. The molecule has 1 fully saturated rings. The summed E-state index contributed by atoms with van der Waals surface area (Å²) < 4.78 is 1.84. The first-order chi connectivity index (χ1) is 16.2. The van der Waals surface area contributed by atoms with Crippen LogP contribution in [0.4, 0.5) is 5.69 Å². The van der Waals surface area contributed by atoms with E-state index < -0.39 is 0 Å². The van der Waals surface area contributed by atoms with Gasteiger partial charge in [0, 0.05) is 62.9 Å². The van der Waals surface area contributed by atoms with Gasteiger partial charge in [-0.2, -0.15) is 0 Å². The third-order valence-corrected chi connectivity index (χ3v) is 8.88. The Hall–Kier alpha value is -1.35. The summed E-state index contributed by atoms with van der Waals surface area (Å²) in [5, 5.41) is 0.879. The summed E-state index contributed by atoms with van der Waals surface area (Å²) in [5.74, 6) is 0. The Balaban J connectivity index is 0.00000120. The maximum absolute atomic E-state index is 13.3. The second-order valence-electron chi connectivity index (χ2n) is 9.87. The van der Waals surface area contributed by atoms with Crippen molar-refractivity contribution in [3.63, 3.8) is 0 Å². The number of thiophene rings is 1. The van der Waals surface area contributed by atoms with Crippen LogP contribution in [0.25, 0.3) is 10.2 Å². The van der Waals surface area contributed by atoms with Gasteiger partial charge in [-0.1, -0.05) is 12.1 Å². The molecule has 36 heavy (non-hydrogen) atoms. The van der Waals surface area contributed by atoms with E-state index in [4.69, 9.17) is 0 Å². The molecule has 10 heteroatoms. The van der Waals surface area contributed by atoms with Gasteiger partial charge in [0.15, 0.2) is 0 Å². The predicted octanol–water partition coefficient (Wildman–Crippen LogP) is 4.41. The Labute approximate surface area is 235 Å². The highest BCUT2D eigenvalue weighted by Crippen LogP contribution is 2.32. The Morgan fingerprint density at radius 2 is 1.69 bits per heavy atom. The fourth-order valence-electron chi connectivity index (χ4n) is 5.82. The third-order valence-electron chi connectivity index (χ3n) is 7.76. The molecule has 3 aromatic rings. The molecule has 1 aliphatic carbocycles. The molecule has 0 N–H and O–H groups in total. The lowest BCUT2D eigenvalue weighted by Gasteiger charge is -2.38. The van der Waals surface area contributed by atoms with Crippen LogP contribution in [0.3, 0.4) is 0 Å². The standard InChI is InChI=1S/C26H33N5OS.3ClH/c1-28-10-9-21-23(17-28)33-25-24(21)26(32)31(18-27-25)16-13-29-11-14-30(15-12-29)22-8-4-6-19-5-2-3-7-20(19)22;;;/h4,6,8,18H,2-3,5,7,9-17H2,1H3;3*1H. The number of aromatic nitrogens is 2. The van der Waals surface area contributed by atoms with Crippen molar-refractivity contribution < 1.29 is 0 Å². The zero-order valence-electron chi connectivity index (χ0n) is 20.8. The number of rotatable bonds is 4. The number of nitrogens with zero attached hydrogens (tertiary/aromatic N) is 5. The maximum atomic E-state index is 13.3. The van der Waals surface area contributed by atoms with E-state index in [9.17, 15) is 4.79 Å². The molecule has 0 atom stereocenters. The summed E-state index contributed by atoms with van der Waals surface area (Å²) in [6.45, 7) is 7.80. The molecular formula is C26H36Cl3N5OS. The molecule has 0 radical (unpaired) electrons. The van der Waals surface area contributed by atoms with Gasteiger partial charge in [-0.25, -0.2) is 4.98 Å². The minimum atomic E-state index is 0. The molecule has 0 saturated carbocycles. The Morgan fingerprint density at radius 3 is 2.50 bits per heavy atom. The first-order valence-electron chi connectivity index (χ1n) is 12.4. The van der Waals surface area contributed by atoms with Gasteiger partial charge in [0.05, 0.1) is 11.7 Å². The van der Waals surface area contributed by atoms with Crippen LogP contribution in [-0.2, 0) is 32.4 Å². The molecule has 0 bridgehead atoms. The summed E-state index contributed by atoms with van der Waals surface area (Å²) in [6, 6.07) is 6.88. The lowest BCUT2D eigenvalue weighted by atomic mass is 9.90. The van der Waals surface area contributed by atoms with Crippen molar-refractivity contribution in [3.8, 4) is 0 Å². The molecule has 6 nitrogen and oxygen atoms in total. The van der Waals surface area contributed by atoms with Crippen LogP contribution in [0.5, 0.6) is 0 Å². The van der Waals surface area contributed by atoms with E-state index in [-0.39, 0.29) is 42.8 Å². The molecule has 0 amide bonds. The topological polar surface area (TPSA) is 44.6 Å². The number of halogens is 3. The maximum Gasteiger partial charge on any atom is 0.262 e. The van der Waals surface area contributed by atoms with Gasteiger partial charge in [0.1, 0.15) is 4.83 Å². The van der Waals surface area contributed by atoms with Crippen molar-refractivity contribution in [2.45, 2.75) is 45.2 Å². The van der Waals surface area contributed by atoms with E-state index in [1.807, 2.05) is 4.57 Å². The van der Waals surface area contributed by atoms with Gasteiger partial charge in [-0.15, -0.1) is 48.6 Å². The van der Waals surface area contributed by atoms with Crippen molar-refractivity contribution in [2.75, 3.05) is 51.2 Å². The summed E-state index contributed by atoms with van der Waals surface area (Å²) >= 11 is 1.70. The monoisotopic (exact) mass is 571 g/mol. The minimum absolute atomic E-state index is 0. The Morgan fingerprint density at radius 1 is 0.917 bits per heavy atom. The number of anilines is 1. The largest absolute Gasteiger partial charge is 0.369 e. The van der Waals surface area contributed by atoms with Gasteiger partial charge < -0.3 is 9.80 Å². The zero-order chi connectivity index (χ0) is 22.4. The molecule has 6 rings (SSSR count). The number of aryl methyl sites for hydroxylation is 1. The number of benzene rings is 1. The smallest absolute Gasteiger partial charge is 0.262 e. The van der Waals surface area contributed by atoms with E-state index >= 15 is 0 Å². The van der Waals surface area contributed by atoms with E-state index in [1.165, 1.54) is 41.8 Å². The SMILES string of the molecule is CN1CCc2c(sc3ncn(CCN4CCN(c5cccc6c5CCCC6)CC4)c(=O)c23)C1.Cl.Cl.Cl. The van der Waals surface area contributed by atoms with E-state index in [0.29, 0.717) is 6.54 Å². The van der Waals surface area contributed by atoms with Crippen molar-refractivity contribution in [3.05, 3.63) is 56.4 Å². The highest BCUT2D eigenvalue weighted by Gasteiger charge is 2.24. The average Bonchev–Trinajstić information content (AvgIpc) is 3.22. The highest BCUT2D eigenvalue weighted by molar-refractivity contribution is 7.18. The summed E-state index contributed by atoms with van der Waals surface area (Å²) in [4.78, 5) is 27.6. The average molecular weight is 573 g/mol. The quantitative estimate of drug-likeness (QED) is 0.463. The molecule has 2 aliphatic heterocycles. The van der Waals surface area contributed by atoms with E-state index in [1.54, 1.807) is 28.8 Å². The van der Waals surface area contributed by atoms with Crippen LogP contribution < -0.4 is 10.5 Å². The number of hydrogen-bond acceptors (Lipinski definition) is 6. The molecule has 2 aromatic heterocycles. The highest BCUT2D eigenvalue weighted by atomic mass is 35.5. The van der Waals surface area contributed by atoms with Crippen molar-refractivity contribution in [1.29, 1.82) is 0 Å². The van der Waals surface area contributed by atoms with Crippen LogP contribution in [0.2, 0.25) is 0 Å². The first kappa shape index (κ1) is 29.2. The van der Waals surface area contributed by atoms with Crippen LogP contribution in [0.15, 0.2) is 29.3 Å². The van der Waals surface area contributed by atoms with Crippen molar-refractivity contribution >= 4 is 64.5 Å². The number of piperazine rings is 1. The van der Waals surface area contributed by atoms with Gasteiger partial charge >= 0.3 is 0 Å². The van der Waals surface area contributed by atoms with Gasteiger partial charge in [-0.05, 0) is 61.9 Å². The van der Waals surface area contributed by atoms with E-state index in [0.717, 1.165) is 62.5 Å². The number of likely N-dealkylation sites (N-methyl/N-ethyl adjacent to an activating group) is 1. The third kappa shape index (κ3) is 5.57. The Bertz CT molecular complexity index is 1240. The van der Waals surface area contributed by atoms with Crippen LogP contribution >= 0.6 is 48.6 Å². The normalized spacial score (nSPS) is 18.0. The number of fused-ring (bicyclic) bond motifs is 4. The van der Waals surface area contributed by atoms with Crippen LogP contribution in [-0.4, -0.2) is 65.7 Å². The second-order valence-corrected chi connectivity index (χ2v) is 10.9. The van der Waals surface area contributed by atoms with Gasteiger partial charge in [-0.3, -0.25) is 14.3 Å². The zero-order valence-corrected chi connectivity index (χ0v) is 24.0. The minimum Gasteiger partial charge on any atom is -0.369 e. The Kier molecular flexibility index (Phi) is 10.1. The fourth-order valence-corrected chi connectivity index (χ4v) is 7.08. The first-order valence-corrected chi connectivity index (χ1v) is 13.3. The molecule has 198 valence electrons. The molecule has 3 aliphatic rings. The number of hydrogen-bond donors (Lipinski definition) is 0. The second kappa shape index (κ2) is 12.5. The molecule has 0 spiro atoms. The van der Waals surface area contributed by atoms with Gasteiger partial charge in [0.25, 0.3) is 5.56 Å². The summed E-state index contributed by atoms with van der Waals surface area (Å²) in [5.41, 5.74) is 6.01. The summed E-state index contributed by atoms with van der Waals surface area (Å²) in [7, 11) is 2.14. The lowest BCUT2D eigenvalue weighted by Crippen LogP contribution is -2.48. The molecule has 4 heterocycles. The lowest BCUT2D eigenvalue weighted by molar-refractivity contribution is 0.247. The molecule has 1 aromatic carbocycles. The molecule has 0 unspecified atom stereocenters. The molecule has 1 saturated heterocycles. The predicted molar refractivity (Wildman–Crippen MR) is 157 cm³/mol.